The largest absolute Gasteiger partial charge is 0.478 e. The van der Waals surface area contributed by atoms with E-state index in [1.165, 1.54) is 12.3 Å². The molecule has 1 aromatic rings. The number of halogens is 1. The monoisotopic (exact) mass is 183 g/mol. The lowest BCUT2D eigenvalue weighted by Gasteiger charge is -1.93. The van der Waals surface area contributed by atoms with E-state index in [1.807, 2.05) is 0 Å². The molecule has 1 N–H and O–H groups in total. The first kappa shape index (κ1) is 8.74. The Bertz CT molecular complexity index is 323. The number of nitrogens with zero attached hydrogens (tertiary/aromatic N) is 1. The first-order valence-electron chi connectivity index (χ1n) is 3.20. The third-order valence-electron chi connectivity index (χ3n) is 1.20. The van der Waals surface area contributed by atoms with Crippen molar-refractivity contribution in [2.24, 2.45) is 0 Å². The van der Waals surface area contributed by atoms with Crippen LogP contribution in [0.1, 0.15) is 5.56 Å². The van der Waals surface area contributed by atoms with Crippen molar-refractivity contribution >= 4 is 23.6 Å². The number of aliphatic carboxylic acids is 1. The Morgan fingerprint density at radius 2 is 2.42 bits per heavy atom. The average Bonchev–Trinajstić information content (AvgIpc) is 2.03. The van der Waals surface area contributed by atoms with E-state index in [-0.39, 0.29) is 0 Å². The van der Waals surface area contributed by atoms with Crippen LogP contribution in [-0.2, 0) is 4.79 Å². The van der Waals surface area contributed by atoms with Crippen LogP contribution in [-0.4, -0.2) is 16.1 Å². The van der Waals surface area contributed by atoms with Crippen LogP contribution in [0.4, 0.5) is 0 Å². The van der Waals surface area contributed by atoms with Crippen molar-refractivity contribution in [1.29, 1.82) is 0 Å². The molecule has 0 bridgehead atoms. The zero-order valence-electron chi connectivity index (χ0n) is 6.07. The fraction of sp³-hybridized carbons (Fsp3) is 0. The van der Waals surface area contributed by atoms with Gasteiger partial charge in [0.05, 0.1) is 5.02 Å². The summed E-state index contributed by atoms with van der Waals surface area (Å²) in [7, 11) is 0. The van der Waals surface area contributed by atoms with Gasteiger partial charge in [0, 0.05) is 24.0 Å². The van der Waals surface area contributed by atoms with Gasteiger partial charge in [0.15, 0.2) is 0 Å². The molecule has 0 amide bonds. The van der Waals surface area contributed by atoms with Crippen molar-refractivity contribution in [2.45, 2.75) is 0 Å². The molecule has 0 saturated carbocycles. The summed E-state index contributed by atoms with van der Waals surface area (Å²) in [5.41, 5.74) is 0.599. The Morgan fingerprint density at radius 1 is 1.67 bits per heavy atom. The second kappa shape index (κ2) is 3.88. The molecule has 1 heterocycles. The van der Waals surface area contributed by atoms with E-state index in [4.69, 9.17) is 16.7 Å². The molecule has 0 unspecified atom stereocenters. The van der Waals surface area contributed by atoms with E-state index in [0.717, 1.165) is 6.08 Å². The fourth-order valence-corrected chi connectivity index (χ4v) is 0.842. The summed E-state index contributed by atoms with van der Waals surface area (Å²) < 4.78 is 0. The van der Waals surface area contributed by atoms with E-state index in [1.54, 1.807) is 12.3 Å². The number of rotatable bonds is 2. The zero-order chi connectivity index (χ0) is 8.97. The number of aromatic nitrogens is 1. The van der Waals surface area contributed by atoms with Gasteiger partial charge in [0.2, 0.25) is 0 Å². The van der Waals surface area contributed by atoms with Crippen molar-refractivity contribution < 1.29 is 9.90 Å². The Balaban J connectivity index is 2.89. The van der Waals surface area contributed by atoms with Gasteiger partial charge in [-0.2, -0.15) is 0 Å². The molecule has 0 radical (unpaired) electrons. The quantitative estimate of drug-likeness (QED) is 0.712. The van der Waals surface area contributed by atoms with Crippen LogP contribution >= 0.6 is 11.6 Å². The van der Waals surface area contributed by atoms with E-state index in [0.29, 0.717) is 10.6 Å². The minimum atomic E-state index is -1.00. The average molecular weight is 184 g/mol. The maximum absolute atomic E-state index is 10.1. The smallest absolute Gasteiger partial charge is 0.328 e. The molecule has 0 spiro atoms. The molecule has 0 aliphatic heterocycles. The van der Waals surface area contributed by atoms with Crippen molar-refractivity contribution in [1.82, 2.24) is 4.98 Å². The first-order chi connectivity index (χ1) is 5.70. The molecule has 12 heavy (non-hydrogen) atoms. The van der Waals surface area contributed by atoms with Gasteiger partial charge in [-0.05, 0) is 12.1 Å². The standard InChI is InChI=1S/C8H6ClNO2/c9-7-3-4-10-5-6(7)1-2-8(11)12/h1-5H,(H,11,12)/b2-1+. The lowest BCUT2D eigenvalue weighted by Crippen LogP contribution is -1.86. The van der Waals surface area contributed by atoms with Crippen LogP contribution in [0.2, 0.25) is 5.02 Å². The Hall–Kier alpha value is -1.35. The van der Waals surface area contributed by atoms with Gasteiger partial charge in [-0.25, -0.2) is 4.79 Å². The van der Waals surface area contributed by atoms with Crippen molar-refractivity contribution in [2.75, 3.05) is 0 Å². The fourth-order valence-electron chi connectivity index (χ4n) is 0.673. The van der Waals surface area contributed by atoms with E-state index in [9.17, 15) is 4.79 Å². The van der Waals surface area contributed by atoms with Crippen molar-refractivity contribution in [3.8, 4) is 0 Å². The van der Waals surface area contributed by atoms with Crippen LogP contribution in [0.25, 0.3) is 6.08 Å². The van der Waals surface area contributed by atoms with Crippen LogP contribution in [0.5, 0.6) is 0 Å². The number of pyridine rings is 1. The number of carbonyl (C=O) groups is 1. The molecule has 0 aliphatic rings. The number of carboxylic acid groups (broad SMARTS) is 1. The molecular weight excluding hydrogens is 178 g/mol. The molecule has 62 valence electrons. The number of carboxylic acids is 1. The van der Waals surface area contributed by atoms with E-state index in [2.05, 4.69) is 4.98 Å². The molecule has 0 aliphatic carbocycles. The molecule has 3 nitrogen and oxygen atoms in total. The Kier molecular flexibility index (Phi) is 2.82. The third kappa shape index (κ3) is 2.36. The highest BCUT2D eigenvalue weighted by Gasteiger charge is 1.94. The van der Waals surface area contributed by atoms with Crippen LogP contribution in [0, 0.1) is 0 Å². The SMILES string of the molecule is O=C(O)/C=C/c1cnccc1Cl. The van der Waals surface area contributed by atoms with Gasteiger partial charge in [-0.3, -0.25) is 4.98 Å². The summed E-state index contributed by atoms with van der Waals surface area (Å²) in [6.45, 7) is 0. The number of hydrogen-bond acceptors (Lipinski definition) is 2. The van der Waals surface area contributed by atoms with Gasteiger partial charge in [-0.1, -0.05) is 11.6 Å². The van der Waals surface area contributed by atoms with Gasteiger partial charge < -0.3 is 5.11 Å². The highest BCUT2D eigenvalue weighted by molar-refractivity contribution is 6.32. The molecule has 0 atom stereocenters. The Labute approximate surface area is 74.3 Å². The molecule has 0 fully saturated rings. The molecule has 1 aromatic heterocycles. The summed E-state index contributed by atoms with van der Waals surface area (Å²) in [5, 5.41) is 8.80. The summed E-state index contributed by atoms with van der Waals surface area (Å²) in [6, 6.07) is 1.60. The van der Waals surface area contributed by atoms with E-state index >= 15 is 0 Å². The van der Waals surface area contributed by atoms with Gasteiger partial charge in [-0.15, -0.1) is 0 Å². The zero-order valence-corrected chi connectivity index (χ0v) is 6.82. The molecule has 0 saturated heterocycles. The minimum Gasteiger partial charge on any atom is -0.478 e. The summed E-state index contributed by atoms with van der Waals surface area (Å²) >= 11 is 5.72. The van der Waals surface area contributed by atoms with Gasteiger partial charge >= 0.3 is 5.97 Å². The predicted octanol–water partition coefficient (Wildman–Crippen LogP) is 1.83. The van der Waals surface area contributed by atoms with E-state index < -0.39 is 5.97 Å². The third-order valence-corrected chi connectivity index (χ3v) is 1.55. The lowest BCUT2D eigenvalue weighted by molar-refractivity contribution is -0.131. The van der Waals surface area contributed by atoms with Crippen LogP contribution < -0.4 is 0 Å². The molecular formula is C8H6ClNO2. The molecule has 4 heteroatoms. The van der Waals surface area contributed by atoms with Crippen molar-refractivity contribution in [3.05, 3.63) is 35.1 Å². The molecule has 0 aromatic carbocycles. The second-order valence-electron chi connectivity index (χ2n) is 2.07. The normalized spacial score (nSPS) is 10.4. The molecule has 1 rings (SSSR count). The minimum absolute atomic E-state index is 0.488. The predicted molar refractivity (Wildman–Crippen MR) is 45.9 cm³/mol. The topological polar surface area (TPSA) is 50.2 Å². The lowest BCUT2D eigenvalue weighted by atomic mass is 10.2. The number of hydrogen-bond donors (Lipinski definition) is 1. The van der Waals surface area contributed by atoms with Crippen LogP contribution in [0.3, 0.4) is 0 Å². The maximum Gasteiger partial charge on any atom is 0.328 e. The summed E-state index contributed by atoms with van der Waals surface area (Å²) in [4.78, 5) is 13.9. The summed E-state index contributed by atoms with van der Waals surface area (Å²) in [5.74, 6) is -1.00. The van der Waals surface area contributed by atoms with Crippen molar-refractivity contribution in [3.63, 3.8) is 0 Å². The van der Waals surface area contributed by atoms with Gasteiger partial charge in [0.1, 0.15) is 0 Å². The Morgan fingerprint density at radius 3 is 3.00 bits per heavy atom. The van der Waals surface area contributed by atoms with Crippen LogP contribution in [0.15, 0.2) is 24.5 Å². The second-order valence-corrected chi connectivity index (χ2v) is 2.48. The summed E-state index contributed by atoms with van der Waals surface area (Å²) in [6.07, 6.45) is 5.46. The first-order valence-corrected chi connectivity index (χ1v) is 3.58. The maximum atomic E-state index is 10.1. The van der Waals surface area contributed by atoms with Gasteiger partial charge in [0.25, 0.3) is 0 Å². The highest BCUT2D eigenvalue weighted by Crippen LogP contribution is 2.14. The highest BCUT2D eigenvalue weighted by atomic mass is 35.5.